The summed E-state index contributed by atoms with van der Waals surface area (Å²) in [5.74, 6) is -0.542. The third-order valence-corrected chi connectivity index (χ3v) is 3.59. The first-order chi connectivity index (χ1) is 9.69. The first-order valence-electron chi connectivity index (χ1n) is 6.86. The second-order valence-corrected chi connectivity index (χ2v) is 4.89. The zero-order valence-corrected chi connectivity index (χ0v) is 11.6. The highest BCUT2D eigenvalue weighted by molar-refractivity contribution is 6.04. The van der Waals surface area contributed by atoms with Crippen LogP contribution in [0.5, 0.6) is 0 Å². The number of hydrogen-bond acceptors (Lipinski definition) is 5. The summed E-state index contributed by atoms with van der Waals surface area (Å²) in [4.78, 5) is 28.5. The first kappa shape index (κ1) is 14.7. The molecule has 1 fully saturated rings. The minimum Gasteiger partial charge on any atom is -0.465 e. The molecule has 0 aromatic carbocycles. The van der Waals surface area contributed by atoms with Gasteiger partial charge in [0, 0.05) is 18.8 Å². The Morgan fingerprint density at radius 2 is 2.40 bits per heavy atom. The van der Waals surface area contributed by atoms with Gasteiger partial charge in [0.1, 0.15) is 5.41 Å². The fourth-order valence-electron chi connectivity index (χ4n) is 2.39. The van der Waals surface area contributed by atoms with Gasteiger partial charge in [-0.1, -0.05) is 6.07 Å². The smallest absolute Gasteiger partial charge is 0.322 e. The summed E-state index contributed by atoms with van der Waals surface area (Å²) >= 11 is 0. The van der Waals surface area contributed by atoms with Crippen LogP contribution in [0, 0.1) is 5.41 Å². The van der Waals surface area contributed by atoms with Crippen LogP contribution in [0.25, 0.3) is 0 Å². The molecule has 0 radical (unpaired) electrons. The van der Waals surface area contributed by atoms with Gasteiger partial charge in [0.15, 0.2) is 5.78 Å². The topological polar surface area (TPSA) is 65.5 Å². The zero-order chi connectivity index (χ0) is 14.4. The maximum atomic E-state index is 12.3. The van der Waals surface area contributed by atoms with Crippen LogP contribution in [0.2, 0.25) is 0 Å². The van der Waals surface area contributed by atoms with Crippen LogP contribution in [0.15, 0.2) is 24.5 Å². The molecular weight excluding hydrogens is 258 g/mol. The second kappa shape index (κ2) is 6.61. The van der Waals surface area contributed by atoms with Crippen LogP contribution in [-0.2, 0) is 25.5 Å². The molecule has 0 amide bonds. The number of ether oxygens (including phenoxy) is 2. The summed E-state index contributed by atoms with van der Waals surface area (Å²) in [6, 6.07) is 3.77. The molecule has 0 spiro atoms. The molecule has 1 unspecified atom stereocenters. The van der Waals surface area contributed by atoms with E-state index in [1.807, 2.05) is 12.1 Å². The van der Waals surface area contributed by atoms with Gasteiger partial charge in [-0.15, -0.1) is 0 Å². The van der Waals surface area contributed by atoms with Gasteiger partial charge in [0.05, 0.1) is 19.8 Å². The molecule has 1 saturated heterocycles. The first-order valence-corrected chi connectivity index (χ1v) is 6.86. The maximum absolute atomic E-state index is 12.3. The fraction of sp³-hybridized carbons (Fsp3) is 0.533. The van der Waals surface area contributed by atoms with Crippen molar-refractivity contribution in [2.75, 3.05) is 19.8 Å². The molecule has 20 heavy (non-hydrogen) atoms. The number of ketones is 1. The van der Waals surface area contributed by atoms with E-state index in [2.05, 4.69) is 4.98 Å². The van der Waals surface area contributed by atoms with Crippen molar-refractivity contribution in [1.82, 2.24) is 4.98 Å². The summed E-state index contributed by atoms with van der Waals surface area (Å²) in [6.45, 7) is 2.50. The number of pyridine rings is 1. The third-order valence-electron chi connectivity index (χ3n) is 3.59. The average molecular weight is 277 g/mol. The number of Topliss-reactive ketones (excluding diaryl/α,β-unsaturated/α-hetero) is 1. The Bertz CT molecular complexity index is 474. The lowest BCUT2D eigenvalue weighted by molar-refractivity contribution is -0.169. The van der Waals surface area contributed by atoms with Crippen molar-refractivity contribution >= 4 is 11.8 Å². The molecule has 2 heterocycles. The van der Waals surface area contributed by atoms with E-state index in [0.29, 0.717) is 19.4 Å². The minimum atomic E-state index is -1.15. The molecule has 5 nitrogen and oxygen atoms in total. The largest absolute Gasteiger partial charge is 0.465 e. The number of carbonyl (C=O) groups is 2. The van der Waals surface area contributed by atoms with Crippen molar-refractivity contribution in [3.8, 4) is 0 Å². The number of esters is 1. The lowest BCUT2D eigenvalue weighted by Crippen LogP contribution is -2.48. The quantitative estimate of drug-likeness (QED) is 0.603. The number of carbonyl (C=O) groups excluding carboxylic acids is 2. The van der Waals surface area contributed by atoms with Gasteiger partial charge in [0.2, 0.25) is 0 Å². The van der Waals surface area contributed by atoms with Gasteiger partial charge in [-0.2, -0.15) is 0 Å². The van der Waals surface area contributed by atoms with Crippen molar-refractivity contribution in [1.29, 1.82) is 0 Å². The lowest BCUT2D eigenvalue weighted by Gasteiger charge is -2.33. The SMILES string of the molecule is CCOC(=O)C1(CCc2cccnc2)COCCC1=O. The third kappa shape index (κ3) is 3.04. The Balaban J connectivity index is 2.14. The Hall–Kier alpha value is -1.75. The lowest BCUT2D eigenvalue weighted by atomic mass is 9.76. The maximum Gasteiger partial charge on any atom is 0.322 e. The molecule has 1 aromatic rings. The van der Waals surface area contributed by atoms with Gasteiger partial charge < -0.3 is 9.47 Å². The zero-order valence-electron chi connectivity index (χ0n) is 11.6. The Morgan fingerprint density at radius 3 is 3.05 bits per heavy atom. The monoisotopic (exact) mass is 277 g/mol. The van der Waals surface area contributed by atoms with Gasteiger partial charge in [-0.25, -0.2) is 0 Å². The number of rotatable bonds is 5. The number of hydrogen-bond donors (Lipinski definition) is 0. The molecule has 1 aliphatic rings. The van der Waals surface area contributed by atoms with Gasteiger partial charge in [-0.05, 0) is 31.4 Å². The van der Waals surface area contributed by atoms with E-state index in [1.54, 1.807) is 19.3 Å². The van der Waals surface area contributed by atoms with Crippen LogP contribution < -0.4 is 0 Å². The molecule has 1 atom stereocenters. The van der Waals surface area contributed by atoms with Crippen LogP contribution in [0.1, 0.15) is 25.3 Å². The summed E-state index contributed by atoms with van der Waals surface area (Å²) in [7, 11) is 0. The van der Waals surface area contributed by atoms with Crippen molar-refractivity contribution in [2.24, 2.45) is 5.41 Å². The van der Waals surface area contributed by atoms with Gasteiger partial charge in [-0.3, -0.25) is 14.6 Å². The summed E-state index contributed by atoms with van der Waals surface area (Å²) in [5, 5.41) is 0. The van der Waals surface area contributed by atoms with Crippen molar-refractivity contribution in [3.05, 3.63) is 30.1 Å². The van der Waals surface area contributed by atoms with Crippen LogP contribution in [0.3, 0.4) is 0 Å². The highest BCUT2D eigenvalue weighted by Gasteiger charge is 2.48. The van der Waals surface area contributed by atoms with Crippen molar-refractivity contribution in [2.45, 2.75) is 26.2 Å². The van der Waals surface area contributed by atoms with E-state index in [9.17, 15) is 9.59 Å². The molecule has 5 heteroatoms. The van der Waals surface area contributed by atoms with E-state index in [0.717, 1.165) is 5.56 Å². The van der Waals surface area contributed by atoms with E-state index < -0.39 is 11.4 Å². The molecule has 108 valence electrons. The normalized spacial score (nSPS) is 22.6. The Labute approximate surface area is 118 Å². The predicted octanol–water partition coefficient (Wildman–Crippen LogP) is 1.55. The van der Waals surface area contributed by atoms with E-state index in [-0.39, 0.29) is 25.4 Å². The van der Waals surface area contributed by atoms with E-state index in [1.165, 1.54) is 0 Å². The Kier molecular flexibility index (Phi) is 4.84. The standard InChI is InChI=1S/C15H19NO4/c1-2-20-14(18)15(11-19-9-6-13(15)17)7-5-12-4-3-8-16-10-12/h3-4,8,10H,2,5-7,9,11H2,1H3. The summed E-state index contributed by atoms with van der Waals surface area (Å²) < 4.78 is 10.5. The van der Waals surface area contributed by atoms with Crippen molar-refractivity contribution < 1.29 is 19.1 Å². The van der Waals surface area contributed by atoms with Crippen LogP contribution in [-0.4, -0.2) is 36.6 Å². The average Bonchev–Trinajstić information content (AvgIpc) is 2.48. The molecule has 0 bridgehead atoms. The van der Waals surface area contributed by atoms with Crippen LogP contribution >= 0.6 is 0 Å². The molecule has 0 aliphatic carbocycles. The van der Waals surface area contributed by atoms with Gasteiger partial charge >= 0.3 is 5.97 Å². The number of nitrogens with zero attached hydrogens (tertiary/aromatic N) is 1. The van der Waals surface area contributed by atoms with E-state index in [4.69, 9.17) is 9.47 Å². The van der Waals surface area contributed by atoms with Crippen molar-refractivity contribution in [3.63, 3.8) is 0 Å². The van der Waals surface area contributed by atoms with Crippen LogP contribution in [0.4, 0.5) is 0 Å². The minimum absolute atomic E-state index is 0.0777. The molecule has 0 N–H and O–H groups in total. The molecule has 2 rings (SSSR count). The summed E-state index contributed by atoms with van der Waals surface area (Å²) in [6.07, 6.45) is 4.70. The highest BCUT2D eigenvalue weighted by atomic mass is 16.5. The second-order valence-electron chi connectivity index (χ2n) is 4.89. The highest BCUT2D eigenvalue weighted by Crippen LogP contribution is 2.32. The molecule has 1 aromatic heterocycles. The molecular formula is C15H19NO4. The molecule has 1 aliphatic heterocycles. The Morgan fingerprint density at radius 1 is 1.55 bits per heavy atom. The number of aromatic nitrogens is 1. The molecule has 0 saturated carbocycles. The predicted molar refractivity (Wildman–Crippen MR) is 72.1 cm³/mol. The summed E-state index contributed by atoms with van der Waals surface area (Å²) in [5.41, 5.74) is -0.154. The number of aryl methyl sites for hydroxylation is 1. The van der Waals surface area contributed by atoms with Gasteiger partial charge in [0.25, 0.3) is 0 Å². The van der Waals surface area contributed by atoms with E-state index >= 15 is 0 Å². The fourth-order valence-corrected chi connectivity index (χ4v) is 2.39.